The Morgan fingerprint density at radius 1 is 0.476 bits per heavy atom. The molecule has 2 aromatic heterocycles. The van der Waals surface area contributed by atoms with Crippen LogP contribution < -0.4 is 0 Å². The molecule has 7 aromatic carbocycles. The first kappa shape index (κ1) is 22.4. The first-order valence-electron chi connectivity index (χ1n) is 14.7. The van der Waals surface area contributed by atoms with Crippen molar-refractivity contribution in [2.75, 3.05) is 0 Å². The van der Waals surface area contributed by atoms with E-state index in [0.29, 0.717) is 0 Å². The minimum absolute atomic E-state index is 0.882. The highest BCUT2D eigenvalue weighted by atomic mass is 16.3. The van der Waals surface area contributed by atoms with E-state index in [1.807, 2.05) is 0 Å². The van der Waals surface area contributed by atoms with Gasteiger partial charge in [-0.3, -0.25) is 0 Å². The van der Waals surface area contributed by atoms with Gasteiger partial charge < -0.3 is 8.98 Å². The van der Waals surface area contributed by atoms with Gasteiger partial charge in [0.25, 0.3) is 0 Å². The van der Waals surface area contributed by atoms with E-state index in [4.69, 9.17) is 4.42 Å². The Kier molecular flexibility index (Phi) is 4.32. The number of nitrogens with zero attached hydrogens (tertiary/aromatic N) is 1. The average molecular weight is 536 g/mol. The Bertz CT molecular complexity index is 2630. The van der Waals surface area contributed by atoms with Gasteiger partial charge in [-0.2, -0.15) is 0 Å². The molecule has 0 amide bonds. The molecule has 10 rings (SSSR count). The molecule has 0 aliphatic heterocycles. The van der Waals surface area contributed by atoms with Gasteiger partial charge in [-0.25, -0.2) is 0 Å². The predicted octanol–water partition coefficient (Wildman–Crippen LogP) is 11.1. The summed E-state index contributed by atoms with van der Waals surface area (Å²) in [5.41, 5.74) is 6.06. The molecule has 0 bridgehead atoms. The van der Waals surface area contributed by atoms with Crippen LogP contribution in [0.1, 0.15) is 17.7 Å². The molecule has 0 radical (unpaired) electrons. The number of allylic oxidation sites excluding steroid dienone is 1. The van der Waals surface area contributed by atoms with Gasteiger partial charge in [0, 0.05) is 39.2 Å². The number of benzene rings is 7. The molecule has 0 atom stereocenters. The predicted molar refractivity (Wildman–Crippen MR) is 178 cm³/mol. The lowest BCUT2D eigenvalue weighted by Gasteiger charge is -2.18. The molecule has 1 aliphatic rings. The topological polar surface area (TPSA) is 18.1 Å². The monoisotopic (exact) mass is 535 g/mol. The third kappa shape index (κ3) is 2.84. The Labute approximate surface area is 241 Å². The number of rotatable bonds is 1. The molecule has 2 nitrogen and oxygen atoms in total. The van der Waals surface area contributed by atoms with E-state index in [0.717, 1.165) is 24.2 Å². The highest BCUT2D eigenvalue weighted by Crippen LogP contribution is 2.46. The maximum atomic E-state index is 6.46. The van der Waals surface area contributed by atoms with Gasteiger partial charge in [-0.15, -0.1) is 0 Å². The summed E-state index contributed by atoms with van der Waals surface area (Å²) in [4.78, 5) is 0. The van der Waals surface area contributed by atoms with Crippen LogP contribution in [0, 0.1) is 0 Å². The summed E-state index contributed by atoms with van der Waals surface area (Å²) in [5, 5.41) is 14.2. The fraction of sp³-hybridized carbons (Fsp3) is 0.0500. The molecule has 0 spiro atoms. The smallest absolute Gasteiger partial charge is 0.135 e. The summed E-state index contributed by atoms with van der Waals surface area (Å²) >= 11 is 0. The van der Waals surface area contributed by atoms with Crippen LogP contribution in [0.25, 0.3) is 87.6 Å². The molecule has 196 valence electrons. The van der Waals surface area contributed by atoms with Gasteiger partial charge in [-0.05, 0) is 62.3 Å². The Hall–Kier alpha value is -5.34. The number of furan rings is 1. The highest BCUT2D eigenvalue weighted by molar-refractivity contribution is 6.36. The van der Waals surface area contributed by atoms with Crippen molar-refractivity contribution >= 4 is 87.6 Å². The van der Waals surface area contributed by atoms with E-state index >= 15 is 0 Å². The second-order valence-electron chi connectivity index (χ2n) is 11.6. The SMILES string of the molecule is C1=C(n2c3ccccc3c3c4ccccc4c4c5ccccc5ccc4c32)CCc2oc3ccc4ccccc4c3c21. The quantitative estimate of drug-likeness (QED) is 0.191. The third-order valence-electron chi connectivity index (χ3n) is 9.42. The van der Waals surface area contributed by atoms with Crippen molar-refractivity contribution in [1.82, 2.24) is 4.57 Å². The summed E-state index contributed by atoms with van der Waals surface area (Å²) in [7, 11) is 0. The van der Waals surface area contributed by atoms with Crippen molar-refractivity contribution in [3.8, 4) is 0 Å². The lowest BCUT2D eigenvalue weighted by Crippen LogP contribution is -2.04. The fourth-order valence-electron chi connectivity index (χ4n) is 7.68. The van der Waals surface area contributed by atoms with Crippen molar-refractivity contribution in [3.63, 3.8) is 0 Å². The van der Waals surface area contributed by atoms with Crippen LogP contribution in [-0.2, 0) is 6.42 Å². The van der Waals surface area contributed by atoms with E-state index in [1.165, 1.54) is 81.5 Å². The molecule has 9 aromatic rings. The van der Waals surface area contributed by atoms with E-state index in [9.17, 15) is 0 Å². The van der Waals surface area contributed by atoms with Gasteiger partial charge in [0.15, 0.2) is 0 Å². The zero-order valence-corrected chi connectivity index (χ0v) is 22.9. The van der Waals surface area contributed by atoms with Crippen molar-refractivity contribution in [1.29, 1.82) is 0 Å². The number of aryl methyl sites for hydroxylation is 1. The normalized spacial score (nSPS) is 13.7. The van der Waals surface area contributed by atoms with Crippen LogP contribution in [0.3, 0.4) is 0 Å². The zero-order valence-electron chi connectivity index (χ0n) is 22.9. The third-order valence-corrected chi connectivity index (χ3v) is 9.42. The van der Waals surface area contributed by atoms with Crippen molar-refractivity contribution in [2.45, 2.75) is 12.8 Å². The standard InChI is InChI=1S/C40H25NO/c1-3-11-27-24(9-1)17-20-32-37(27)29-13-5-6-14-30(29)39-31-15-7-8-16-34(31)41(40(32)39)26-19-22-35-33(23-26)38-28-12-4-2-10-25(28)18-21-36(38)42-35/h1-18,20-21,23H,19,22H2. The van der Waals surface area contributed by atoms with Gasteiger partial charge in [0.2, 0.25) is 0 Å². The van der Waals surface area contributed by atoms with E-state index < -0.39 is 0 Å². The Balaban J connectivity index is 1.40. The van der Waals surface area contributed by atoms with Gasteiger partial charge in [0.1, 0.15) is 11.3 Å². The van der Waals surface area contributed by atoms with Gasteiger partial charge in [0.05, 0.1) is 11.0 Å². The van der Waals surface area contributed by atoms with Crippen molar-refractivity contribution in [2.24, 2.45) is 0 Å². The summed E-state index contributed by atoms with van der Waals surface area (Å²) in [5.74, 6) is 1.09. The molecule has 0 unspecified atom stereocenters. The molecule has 2 heteroatoms. The summed E-state index contributed by atoms with van der Waals surface area (Å²) in [6.07, 6.45) is 4.21. The molecule has 0 saturated carbocycles. The van der Waals surface area contributed by atoms with E-state index in [-0.39, 0.29) is 0 Å². The second kappa shape index (κ2) is 8.11. The molecule has 42 heavy (non-hydrogen) atoms. The zero-order chi connectivity index (χ0) is 27.4. The van der Waals surface area contributed by atoms with Crippen LogP contribution in [0.15, 0.2) is 126 Å². The van der Waals surface area contributed by atoms with Crippen LogP contribution in [0.5, 0.6) is 0 Å². The number of aromatic nitrogens is 1. The van der Waals surface area contributed by atoms with E-state index in [1.54, 1.807) is 0 Å². The molecular weight excluding hydrogens is 510 g/mol. The fourth-order valence-corrected chi connectivity index (χ4v) is 7.68. The average Bonchev–Trinajstić information content (AvgIpc) is 3.61. The largest absolute Gasteiger partial charge is 0.460 e. The molecule has 0 N–H and O–H groups in total. The summed E-state index contributed by atoms with van der Waals surface area (Å²) in [6, 6.07) is 44.3. The van der Waals surface area contributed by atoms with Gasteiger partial charge in [-0.1, -0.05) is 109 Å². The molecule has 0 saturated heterocycles. The maximum Gasteiger partial charge on any atom is 0.135 e. The number of para-hydroxylation sites is 1. The number of hydrogen-bond acceptors (Lipinski definition) is 1. The van der Waals surface area contributed by atoms with Crippen LogP contribution in [0.4, 0.5) is 0 Å². The molecule has 1 aliphatic carbocycles. The van der Waals surface area contributed by atoms with Gasteiger partial charge >= 0.3 is 0 Å². The van der Waals surface area contributed by atoms with Crippen molar-refractivity contribution < 1.29 is 4.42 Å². The Morgan fingerprint density at radius 2 is 1.10 bits per heavy atom. The first-order valence-corrected chi connectivity index (χ1v) is 14.7. The molecular formula is C40H25NO. The summed E-state index contributed by atoms with van der Waals surface area (Å²) < 4.78 is 9.02. The van der Waals surface area contributed by atoms with Crippen molar-refractivity contribution in [3.05, 3.63) is 133 Å². The van der Waals surface area contributed by atoms with Crippen LogP contribution >= 0.6 is 0 Å². The molecule has 2 heterocycles. The minimum Gasteiger partial charge on any atom is -0.460 e. The van der Waals surface area contributed by atoms with E-state index in [2.05, 4.69) is 132 Å². The van der Waals surface area contributed by atoms with Crippen LogP contribution in [-0.4, -0.2) is 4.57 Å². The number of fused-ring (bicyclic) bond motifs is 15. The number of hydrogen-bond donors (Lipinski definition) is 0. The second-order valence-corrected chi connectivity index (χ2v) is 11.6. The van der Waals surface area contributed by atoms with Crippen LogP contribution in [0.2, 0.25) is 0 Å². The lowest BCUT2D eigenvalue weighted by atomic mass is 9.93. The Morgan fingerprint density at radius 3 is 1.88 bits per heavy atom. The highest BCUT2D eigenvalue weighted by Gasteiger charge is 2.25. The first-order chi connectivity index (χ1) is 20.8. The lowest BCUT2D eigenvalue weighted by molar-refractivity contribution is 0.546. The summed E-state index contributed by atoms with van der Waals surface area (Å²) in [6.45, 7) is 0. The maximum absolute atomic E-state index is 6.46. The molecule has 0 fully saturated rings. The minimum atomic E-state index is 0.882.